The van der Waals surface area contributed by atoms with Crippen LogP contribution in [0.3, 0.4) is 0 Å². The Labute approximate surface area is 123 Å². The third kappa shape index (κ3) is 2.51. The zero-order valence-corrected chi connectivity index (χ0v) is 12.4. The molecular weight excluding hydrogens is 274 g/mol. The minimum Gasteiger partial charge on any atom is -0.337 e. The number of nitrogens with one attached hydrogen (secondary N) is 2. The van der Waals surface area contributed by atoms with Gasteiger partial charge < -0.3 is 10.2 Å². The van der Waals surface area contributed by atoms with Crippen LogP contribution < -0.4 is 10.2 Å². The summed E-state index contributed by atoms with van der Waals surface area (Å²) >= 11 is 6.16. The molecule has 6 heteroatoms. The van der Waals surface area contributed by atoms with E-state index in [0.717, 1.165) is 47.6 Å². The van der Waals surface area contributed by atoms with Gasteiger partial charge in [-0.1, -0.05) is 23.7 Å². The first-order chi connectivity index (χ1) is 9.65. The topological polar surface area (TPSA) is 56.8 Å². The van der Waals surface area contributed by atoms with Crippen molar-refractivity contribution in [2.75, 3.05) is 24.5 Å². The van der Waals surface area contributed by atoms with E-state index in [9.17, 15) is 0 Å². The minimum absolute atomic E-state index is 0.457. The van der Waals surface area contributed by atoms with Crippen LogP contribution in [0, 0.1) is 6.92 Å². The van der Waals surface area contributed by atoms with E-state index in [0.29, 0.717) is 6.04 Å². The Morgan fingerprint density at radius 2 is 2.25 bits per heavy atom. The maximum Gasteiger partial charge on any atom is 0.245 e. The van der Waals surface area contributed by atoms with Crippen LogP contribution in [0.15, 0.2) is 18.2 Å². The second kappa shape index (κ2) is 5.42. The fourth-order valence-electron chi connectivity index (χ4n) is 2.49. The third-order valence-electron chi connectivity index (χ3n) is 3.65. The molecule has 0 bridgehead atoms. The van der Waals surface area contributed by atoms with E-state index in [1.54, 1.807) is 0 Å². The van der Waals surface area contributed by atoms with Crippen LogP contribution in [0.1, 0.15) is 12.5 Å². The van der Waals surface area contributed by atoms with E-state index in [4.69, 9.17) is 11.6 Å². The zero-order chi connectivity index (χ0) is 14.1. The smallest absolute Gasteiger partial charge is 0.245 e. The van der Waals surface area contributed by atoms with Gasteiger partial charge in [-0.2, -0.15) is 4.98 Å². The molecule has 2 N–H and O–H groups in total. The highest BCUT2D eigenvalue weighted by molar-refractivity contribution is 6.31. The second-order valence-corrected chi connectivity index (χ2v) is 5.60. The summed E-state index contributed by atoms with van der Waals surface area (Å²) in [6.07, 6.45) is 0. The largest absolute Gasteiger partial charge is 0.337 e. The number of hydrogen-bond acceptors (Lipinski definition) is 4. The molecule has 1 atom stereocenters. The normalized spacial score (nSPS) is 19.4. The maximum absolute atomic E-state index is 6.16. The third-order valence-corrected chi connectivity index (χ3v) is 4.06. The van der Waals surface area contributed by atoms with Gasteiger partial charge in [0.05, 0.1) is 0 Å². The molecule has 2 heterocycles. The van der Waals surface area contributed by atoms with Gasteiger partial charge in [-0.05, 0) is 25.5 Å². The number of aromatic amines is 1. The predicted molar refractivity (Wildman–Crippen MR) is 81.2 cm³/mol. The molecule has 0 aliphatic carbocycles. The lowest BCUT2D eigenvalue weighted by Crippen LogP contribution is -2.49. The van der Waals surface area contributed by atoms with Gasteiger partial charge in [-0.25, -0.2) is 0 Å². The van der Waals surface area contributed by atoms with Crippen molar-refractivity contribution < 1.29 is 0 Å². The number of benzene rings is 1. The molecule has 106 valence electrons. The van der Waals surface area contributed by atoms with E-state index in [1.165, 1.54) is 0 Å². The molecule has 0 amide bonds. The fraction of sp³-hybridized carbons (Fsp3) is 0.429. The van der Waals surface area contributed by atoms with Crippen LogP contribution in [-0.2, 0) is 0 Å². The first-order valence-corrected chi connectivity index (χ1v) is 7.19. The highest BCUT2D eigenvalue weighted by atomic mass is 35.5. The average molecular weight is 292 g/mol. The van der Waals surface area contributed by atoms with Crippen LogP contribution in [0.4, 0.5) is 5.95 Å². The molecular formula is C14H18ClN5. The first kappa shape index (κ1) is 13.4. The summed E-state index contributed by atoms with van der Waals surface area (Å²) in [7, 11) is 0. The number of H-pyrrole nitrogens is 1. The molecule has 1 aromatic carbocycles. The summed E-state index contributed by atoms with van der Waals surface area (Å²) in [5.74, 6) is 1.53. The number of hydrogen-bond donors (Lipinski definition) is 2. The van der Waals surface area contributed by atoms with Gasteiger partial charge in [-0.3, -0.25) is 5.10 Å². The molecule has 1 aliphatic heterocycles. The Morgan fingerprint density at radius 3 is 3.05 bits per heavy atom. The molecule has 20 heavy (non-hydrogen) atoms. The van der Waals surface area contributed by atoms with Crippen LogP contribution >= 0.6 is 11.6 Å². The van der Waals surface area contributed by atoms with E-state index < -0.39 is 0 Å². The first-order valence-electron chi connectivity index (χ1n) is 6.81. The average Bonchev–Trinajstić information content (AvgIpc) is 2.91. The van der Waals surface area contributed by atoms with E-state index in [-0.39, 0.29) is 0 Å². The summed E-state index contributed by atoms with van der Waals surface area (Å²) < 4.78 is 0. The Morgan fingerprint density at radius 1 is 1.40 bits per heavy atom. The Bertz CT molecular complexity index is 609. The molecule has 1 aliphatic rings. The van der Waals surface area contributed by atoms with Crippen molar-refractivity contribution in [3.8, 4) is 11.4 Å². The van der Waals surface area contributed by atoms with Crippen molar-refractivity contribution in [1.29, 1.82) is 0 Å². The van der Waals surface area contributed by atoms with Gasteiger partial charge in [0, 0.05) is 36.3 Å². The van der Waals surface area contributed by atoms with Crippen molar-refractivity contribution in [3.63, 3.8) is 0 Å². The SMILES string of the molecule is Cc1c(Cl)cccc1-c1nc(N2CCN[C@H](C)C2)n[nH]1. The highest BCUT2D eigenvalue weighted by Crippen LogP contribution is 2.26. The lowest BCUT2D eigenvalue weighted by atomic mass is 10.1. The number of nitrogens with zero attached hydrogens (tertiary/aromatic N) is 3. The van der Waals surface area contributed by atoms with Crippen LogP contribution in [0.25, 0.3) is 11.4 Å². The maximum atomic E-state index is 6.16. The van der Waals surface area contributed by atoms with Crippen LogP contribution in [0.2, 0.25) is 5.02 Å². The lowest BCUT2D eigenvalue weighted by molar-refractivity contribution is 0.480. The van der Waals surface area contributed by atoms with Crippen molar-refractivity contribution in [2.45, 2.75) is 19.9 Å². The number of piperazine rings is 1. The lowest BCUT2D eigenvalue weighted by Gasteiger charge is -2.30. The Hall–Kier alpha value is -1.59. The molecule has 0 radical (unpaired) electrons. The molecule has 5 nitrogen and oxygen atoms in total. The Kier molecular flexibility index (Phi) is 3.63. The van der Waals surface area contributed by atoms with Gasteiger partial charge in [0.15, 0.2) is 5.82 Å². The van der Waals surface area contributed by atoms with E-state index >= 15 is 0 Å². The van der Waals surface area contributed by atoms with Crippen molar-refractivity contribution in [1.82, 2.24) is 20.5 Å². The summed E-state index contributed by atoms with van der Waals surface area (Å²) in [4.78, 5) is 6.81. The quantitative estimate of drug-likeness (QED) is 0.891. The van der Waals surface area contributed by atoms with E-state index in [2.05, 4.69) is 32.3 Å². The summed E-state index contributed by atoms with van der Waals surface area (Å²) in [5.41, 5.74) is 2.02. The minimum atomic E-state index is 0.457. The fourth-order valence-corrected chi connectivity index (χ4v) is 2.67. The molecule has 0 unspecified atom stereocenters. The summed E-state index contributed by atoms with van der Waals surface area (Å²) in [5, 5.41) is 11.5. The number of rotatable bonds is 2. The van der Waals surface area contributed by atoms with Gasteiger partial charge in [0.2, 0.25) is 5.95 Å². The molecule has 1 aromatic heterocycles. The van der Waals surface area contributed by atoms with Crippen LogP contribution in [0.5, 0.6) is 0 Å². The highest BCUT2D eigenvalue weighted by Gasteiger charge is 2.20. The van der Waals surface area contributed by atoms with Crippen molar-refractivity contribution in [2.24, 2.45) is 0 Å². The predicted octanol–water partition coefficient (Wildman–Crippen LogP) is 2.23. The molecule has 1 saturated heterocycles. The van der Waals surface area contributed by atoms with Gasteiger partial charge in [0.1, 0.15) is 0 Å². The van der Waals surface area contributed by atoms with Gasteiger partial charge in [0.25, 0.3) is 0 Å². The molecule has 3 rings (SSSR count). The number of anilines is 1. The second-order valence-electron chi connectivity index (χ2n) is 5.20. The van der Waals surface area contributed by atoms with Gasteiger partial charge in [-0.15, -0.1) is 5.10 Å². The molecule has 1 fully saturated rings. The molecule has 0 saturated carbocycles. The monoisotopic (exact) mass is 291 g/mol. The summed E-state index contributed by atoms with van der Waals surface area (Å²) in [6, 6.07) is 6.28. The van der Waals surface area contributed by atoms with E-state index in [1.807, 2.05) is 25.1 Å². The van der Waals surface area contributed by atoms with Crippen molar-refractivity contribution >= 4 is 17.5 Å². The van der Waals surface area contributed by atoms with Gasteiger partial charge >= 0.3 is 0 Å². The van der Waals surface area contributed by atoms with Crippen LogP contribution in [-0.4, -0.2) is 40.9 Å². The summed E-state index contributed by atoms with van der Waals surface area (Å²) in [6.45, 7) is 6.97. The molecule has 0 spiro atoms. The molecule has 2 aromatic rings. The number of aromatic nitrogens is 3. The number of halogens is 1. The Balaban J connectivity index is 1.88. The standard InChI is InChI=1S/C14H18ClN5/c1-9-8-20(7-6-16-9)14-17-13(18-19-14)11-4-3-5-12(15)10(11)2/h3-5,9,16H,6-8H2,1-2H3,(H,17,18,19)/t9-/m1/s1. The zero-order valence-electron chi connectivity index (χ0n) is 11.7. The van der Waals surface area contributed by atoms with Crippen molar-refractivity contribution in [3.05, 3.63) is 28.8 Å².